The van der Waals surface area contributed by atoms with E-state index in [0.29, 0.717) is 22.4 Å². The Bertz CT molecular complexity index is 1120. The van der Waals surface area contributed by atoms with Crippen LogP contribution in [0, 0.1) is 0 Å². The van der Waals surface area contributed by atoms with Crippen molar-refractivity contribution in [2.75, 3.05) is 0 Å². The van der Waals surface area contributed by atoms with Gasteiger partial charge in [0.2, 0.25) is 5.71 Å². The lowest BCUT2D eigenvalue weighted by molar-refractivity contribution is 0.0947. The quantitative estimate of drug-likeness (QED) is 0.460. The molecule has 0 unspecified atom stereocenters. The van der Waals surface area contributed by atoms with Crippen molar-refractivity contribution >= 4 is 46.5 Å². The number of furan rings is 1. The number of carbonyl (C=O) groups is 2. The van der Waals surface area contributed by atoms with E-state index >= 15 is 0 Å². The molecule has 0 amide bonds. The Balaban J connectivity index is 1.88. The summed E-state index contributed by atoms with van der Waals surface area (Å²) in [5, 5.41) is 5.53. The number of benzene rings is 2. The molecule has 5 nitrogen and oxygen atoms in total. The molecule has 4 aromatic rings. The summed E-state index contributed by atoms with van der Waals surface area (Å²) in [5.41, 5.74) is 2.30. The second-order valence-electron chi connectivity index (χ2n) is 5.54. The molecule has 0 fully saturated rings. The molecule has 7 heteroatoms. The summed E-state index contributed by atoms with van der Waals surface area (Å²) < 4.78 is 6.60. The van der Waals surface area contributed by atoms with Gasteiger partial charge >= 0.3 is 0 Å². The van der Waals surface area contributed by atoms with Crippen molar-refractivity contribution in [1.82, 2.24) is 9.78 Å². The highest BCUT2D eigenvalue weighted by Gasteiger charge is 2.23. The minimum absolute atomic E-state index is 0.152. The van der Waals surface area contributed by atoms with Gasteiger partial charge in [-0.25, -0.2) is 0 Å². The van der Waals surface area contributed by atoms with Gasteiger partial charge in [-0.3, -0.25) is 9.59 Å². The number of aldehydes is 1. The van der Waals surface area contributed by atoms with Crippen LogP contribution in [-0.2, 0) is 0 Å². The Morgan fingerprint density at radius 3 is 2.38 bits per heavy atom. The van der Waals surface area contributed by atoms with Crippen LogP contribution in [0.15, 0.2) is 59.2 Å². The van der Waals surface area contributed by atoms with E-state index in [4.69, 9.17) is 27.6 Å². The first-order valence-electron chi connectivity index (χ1n) is 7.60. The lowest BCUT2D eigenvalue weighted by atomic mass is 10.1. The molecule has 0 aliphatic heterocycles. The molecule has 0 aliphatic rings. The molecule has 26 heavy (non-hydrogen) atoms. The molecule has 2 aromatic carbocycles. The molecule has 0 saturated carbocycles. The van der Waals surface area contributed by atoms with Crippen LogP contribution in [0.2, 0.25) is 10.0 Å². The van der Waals surface area contributed by atoms with E-state index in [1.807, 2.05) is 0 Å². The number of carbonyl (C=O) groups excluding carboxylic acids is 2. The van der Waals surface area contributed by atoms with E-state index in [1.54, 1.807) is 48.5 Å². The van der Waals surface area contributed by atoms with E-state index in [0.717, 1.165) is 16.5 Å². The normalized spacial score (nSPS) is 11.0. The number of rotatable bonds is 3. The molecule has 128 valence electrons. The van der Waals surface area contributed by atoms with Crippen LogP contribution in [0.1, 0.15) is 20.7 Å². The molecule has 0 atom stereocenters. The second-order valence-corrected chi connectivity index (χ2v) is 6.36. The van der Waals surface area contributed by atoms with Gasteiger partial charge in [0, 0.05) is 11.1 Å². The predicted octanol–water partition coefficient (Wildman–Crippen LogP) is 5.10. The Hall–Kier alpha value is -2.89. The van der Waals surface area contributed by atoms with Gasteiger partial charge in [-0.15, -0.1) is 0 Å². The Morgan fingerprint density at radius 2 is 1.73 bits per heavy atom. The standard InChI is InChI=1S/C19H10Cl2N2O3/c20-14-2-1-3-15(21)16(14)18(25)23-19-13(8-9-26-19)17(22-23)12-6-4-11(10-24)5-7-12/h1-10H. The van der Waals surface area contributed by atoms with Gasteiger partial charge in [-0.1, -0.05) is 53.5 Å². The molecule has 2 heterocycles. The van der Waals surface area contributed by atoms with E-state index in [2.05, 4.69) is 5.10 Å². The van der Waals surface area contributed by atoms with E-state index < -0.39 is 5.91 Å². The molecule has 0 saturated heterocycles. The summed E-state index contributed by atoms with van der Waals surface area (Å²) in [6, 6.07) is 13.4. The Morgan fingerprint density at radius 1 is 1.04 bits per heavy atom. The highest BCUT2D eigenvalue weighted by molar-refractivity contribution is 6.39. The van der Waals surface area contributed by atoms with Crippen LogP contribution in [-0.4, -0.2) is 22.0 Å². The molecule has 0 spiro atoms. The SMILES string of the molecule is O=Cc1ccc(-c2nn(C(=O)c3c(Cl)cccc3Cl)c3occc23)cc1. The minimum atomic E-state index is -0.490. The number of halogens is 2. The minimum Gasteiger partial charge on any atom is -0.446 e. The maximum absolute atomic E-state index is 13.0. The van der Waals surface area contributed by atoms with Crippen LogP contribution >= 0.6 is 23.2 Å². The first-order valence-corrected chi connectivity index (χ1v) is 8.36. The average molecular weight is 385 g/mol. The summed E-state index contributed by atoms with van der Waals surface area (Å²) in [6.45, 7) is 0. The fraction of sp³-hybridized carbons (Fsp3) is 0. The maximum atomic E-state index is 13.0. The fourth-order valence-electron chi connectivity index (χ4n) is 2.72. The van der Waals surface area contributed by atoms with Gasteiger partial charge in [0.1, 0.15) is 12.0 Å². The van der Waals surface area contributed by atoms with Gasteiger partial charge in [-0.2, -0.15) is 9.78 Å². The zero-order valence-corrected chi connectivity index (χ0v) is 14.7. The third-order valence-corrected chi connectivity index (χ3v) is 4.61. The van der Waals surface area contributed by atoms with Crippen molar-refractivity contribution in [2.24, 2.45) is 0 Å². The van der Waals surface area contributed by atoms with Gasteiger partial charge in [-0.05, 0) is 18.2 Å². The molecule has 0 aliphatic carbocycles. The smallest absolute Gasteiger partial charge is 0.284 e. The Kier molecular flexibility index (Phi) is 4.11. The molecular weight excluding hydrogens is 375 g/mol. The maximum Gasteiger partial charge on any atom is 0.284 e. The zero-order valence-electron chi connectivity index (χ0n) is 13.1. The number of hydrogen-bond acceptors (Lipinski definition) is 4. The lowest BCUT2D eigenvalue weighted by Crippen LogP contribution is -2.14. The van der Waals surface area contributed by atoms with Gasteiger partial charge < -0.3 is 4.42 Å². The molecular formula is C19H10Cl2N2O3. The highest BCUT2D eigenvalue weighted by atomic mass is 35.5. The van der Waals surface area contributed by atoms with Crippen LogP contribution < -0.4 is 0 Å². The van der Waals surface area contributed by atoms with Crippen LogP contribution in [0.4, 0.5) is 0 Å². The van der Waals surface area contributed by atoms with Crippen molar-refractivity contribution in [2.45, 2.75) is 0 Å². The van der Waals surface area contributed by atoms with Crippen molar-refractivity contribution in [3.05, 3.63) is 76.0 Å². The van der Waals surface area contributed by atoms with Crippen molar-refractivity contribution in [3.8, 4) is 11.3 Å². The third kappa shape index (κ3) is 2.62. The third-order valence-electron chi connectivity index (χ3n) is 3.98. The van der Waals surface area contributed by atoms with Crippen LogP contribution in [0.5, 0.6) is 0 Å². The summed E-state index contributed by atoms with van der Waals surface area (Å²) in [6.07, 6.45) is 2.24. The van der Waals surface area contributed by atoms with E-state index in [9.17, 15) is 9.59 Å². The summed E-state index contributed by atoms with van der Waals surface area (Å²) in [4.78, 5) is 23.8. The lowest BCUT2D eigenvalue weighted by Gasteiger charge is -2.05. The topological polar surface area (TPSA) is 65.1 Å². The zero-order chi connectivity index (χ0) is 18.3. The highest BCUT2D eigenvalue weighted by Crippen LogP contribution is 2.31. The van der Waals surface area contributed by atoms with Crippen molar-refractivity contribution in [1.29, 1.82) is 0 Å². The van der Waals surface area contributed by atoms with Crippen molar-refractivity contribution < 1.29 is 14.0 Å². The Labute approximate surface area is 157 Å². The van der Waals surface area contributed by atoms with Gasteiger partial charge in [0.15, 0.2) is 0 Å². The predicted molar refractivity (Wildman–Crippen MR) is 99.0 cm³/mol. The summed E-state index contributed by atoms with van der Waals surface area (Å²) in [5.74, 6) is -0.490. The number of fused-ring (bicyclic) bond motifs is 1. The largest absolute Gasteiger partial charge is 0.446 e. The monoisotopic (exact) mass is 384 g/mol. The summed E-state index contributed by atoms with van der Waals surface area (Å²) in [7, 11) is 0. The molecule has 0 bridgehead atoms. The first kappa shape index (κ1) is 16.6. The summed E-state index contributed by atoms with van der Waals surface area (Å²) >= 11 is 12.3. The molecule has 4 rings (SSSR count). The van der Waals surface area contributed by atoms with Crippen LogP contribution in [0.3, 0.4) is 0 Å². The fourth-order valence-corrected chi connectivity index (χ4v) is 3.28. The number of aromatic nitrogens is 2. The number of nitrogens with zero attached hydrogens (tertiary/aromatic N) is 2. The second kappa shape index (κ2) is 6.44. The first-order chi connectivity index (χ1) is 12.6. The number of hydrogen-bond donors (Lipinski definition) is 0. The molecule has 2 aromatic heterocycles. The van der Waals surface area contributed by atoms with Crippen LogP contribution in [0.25, 0.3) is 22.4 Å². The van der Waals surface area contributed by atoms with E-state index in [1.165, 1.54) is 6.26 Å². The van der Waals surface area contributed by atoms with Gasteiger partial charge in [0.05, 0.1) is 27.3 Å². The molecule has 0 N–H and O–H groups in total. The van der Waals surface area contributed by atoms with Gasteiger partial charge in [0.25, 0.3) is 5.91 Å². The van der Waals surface area contributed by atoms with Crippen molar-refractivity contribution in [3.63, 3.8) is 0 Å². The van der Waals surface area contributed by atoms with E-state index in [-0.39, 0.29) is 15.6 Å². The average Bonchev–Trinajstić information content (AvgIpc) is 3.24. The molecule has 0 radical (unpaired) electrons.